The lowest BCUT2D eigenvalue weighted by atomic mass is 10.2. The number of rotatable bonds is 3. The number of nitrogen functional groups attached to an aromatic ring is 1. The van der Waals surface area contributed by atoms with Crippen LogP contribution in [0.5, 0.6) is 0 Å². The molecule has 5 nitrogen and oxygen atoms in total. The second-order valence-corrected chi connectivity index (χ2v) is 4.67. The predicted octanol–water partition coefficient (Wildman–Crippen LogP) is 1.67. The molecule has 94 valence electrons. The SMILES string of the molecule is CCN(C)C(=O)c1cn(C2CCCC2)nc1N. The van der Waals surface area contributed by atoms with Crippen molar-refractivity contribution in [1.82, 2.24) is 14.7 Å². The molecule has 0 bridgehead atoms. The van der Waals surface area contributed by atoms with E-state index in [9.17, 15) is 4.79 Å². The Bertz CT molecular complexity index is 407. The van der Waals surface area contributed by atoms with Gasteiger partial charge in [-0.3, -0.25) is 9.48 Å². The van der Waals surface area contributed by atoms with Gasteiger partial charge in [-0.25, -0.2) is 0 Å². The van der Waals surface area contributed by atoms with Gasteiger partial charge in [0.05, 0.1) is 6.04 Å². The lowest BCUT2D eigenvalue weighted by molar-refractivity contribution is 0.0803. The molecule has 1 aromatic heterocycles. The molecule has 2 N–H and O–H groups in total. The topological polar surface area (TPSA) is 64.2 Å². The van der Waals surface area contributed by atoms with E-state index in [0.717, 1.165) is 12.8 Å². The molecule has 0 radical (unpaired) electrons. The van der Waals surface area contributed by atoms with E-state index in [2.05, 4.69) is 5.10 Å². The summed E-state index contributed by atoms with van der Waals surface area (Å²) in [7, 11) is 1.77. The summed E-state index contributed by atoms with van der Waals surface area (Å²) < 4.78 is 1.87. The lowest BCUT2D eigenvalue weighted by Gasteiger charge is -2.13. The van der Waals surface area contributed by atoms with E-state index >= 15 is 0 Å². The van der Waals surface area contributed by atoms with E-state index in [1.54, 1.807) is 18.1 Å². The summed E-state index contributed by atoms with van der Waals surface area (Å²) in [5.74, 6) is 0.302. The van der Waals surface area contributed by atoms with E-state index in [1.165, 1.54) is 12.8 Å². The van der Waals surface area contributed by atoms with Crippen LogP contribution in [-0.2, 0) is 0 Å². The van der Waals surface area contributed by atoms with Crippen LogP contribution in [0.3, 0.4) is 0 Å². The van der Waals surface area contributed by atoms with Gasteiger partial charge in [-0.2, -0.15) is 5.10 Å². The molecule has 1 aliphatic carbocycles. The van der Waals surface area contributed by atoms with Crippen molar-refractivity contribution >= 4 is 11.7 Å². The molecule has 0 aromatic carbocycles. The van der Waals surface area contributed by atoms with Crippen LogP contribution < -0.4 is 5.73 Å². The molecule has 0 spiro atoms. The Morgan fingerprint density at radius 3 is 2.82 bits per heavy atom. The van der Waals surface area contributed by atoms with Crippen LogP contribution in [-0.4, -0.2) is 34.2 Å². The van der Waals surface area contributed by atoms with Gasteiger partial charge in [0.15, 0.2) is 5.82 Å². The molecule has 0 aliphatic heterocycles. The van der Waals surface area contributed by atoms with Gasteiger partial charge in [0.25, 0.3) is 5.91 Å². The molecule has 1 aromatic rings. The molecule has 2 rings (SSSR count). The second kappa shape index (κ2) is 4.77. The van der Waals surface area contributed by atoms with Gasteiger partial charge in [-0.15, -0.1) is 0 Å². The molecular formula is C12H20N4O. The average Bonchev–Trinajstić information content (AvgIpc) is 2.95. The van der Waals surface area contributed by atoms with Crippen LogP contribution >= 0.6 is 0 Å². The van der Waals surface area contributed by atoms with Crippen LogP contribution in [0.1, 0.15) is 49.0 Å². The number of amides is 1. The number of carbonyl (C=O) groups is 1. The molecule has 5 heteroatoms. The maximum atomic E-state index is 12.0. The molecule has 17 heavy (non-hydrogen) atoms. The molecule has 0 unspecified atom stereocenters. The van der Waals surface area contributed by atoms with Gasteiger partial charge < -0.3 is 10.6 Å². The third-order valence-electron chi connectivity index (χ3n) is 3.51. The number of anilines is 1. The zero-order valence-corrected chi connectivity index (χ0v) is 10.5. The Kier molecular flexibility index (Phi) is 3.36. The summed E-state index contributed by atoms with van der Waals surface area (Å²) in [6.07, 6.45) is 6.56. The largest absolute Gasteiger partial charge is 0.382 e. The first-order valence-corrected chi connectivity index (χ1v) is 6.23. The zero-order chi connectivity index (χ0) is 12.4. The smallest absolute Gasteiger partial charge is 0.258 e. The Morgan fingerprint density at radius 1 is 1.59 bits per heavy atom. The van der Waals surface area contributed by atoms with Crippen molar-refractivity contribution in [2.45, 2.75) is 38.6 Å². The fourth-order valence-corrected chi connectivity index (χ4v) is 2.28. The first kappa shape index (κ1) is 12.0. The number of hydrogen-bond acceptors (Lipinski definition) is 3. The molecule has 0 saturated heterocycles. The van der Waals surface area contributed by atoms with Crippen molar-refractivity contribution in [3.63, 3.8) is 0 Å². The Labute approximate surface area is 102 Å². The molecule has 1 fully saturated rings. The number of nitrogens with zero attached hydrogens (tertiary/aromatic N) is 3. The lowest BCUT2D eigenvalue weighted by Crippen LogP contribution is -2.26. The summed E-state index contributed by atoms with van der Waals surface area (Å²) in [6, 6.07) is 0.422. The standard InChI is InChI=1S/C12H20N4O/c1-3-15(2)12(17)10-8-16(14-11(10)13)9-6-4-5-7-9/h8-9H,3-7H2,1-2H3,(H2,13,14). The first-order valence-electron chi connectivity index (χ1n) is 6.23. The molecule has 1 amide bonds. The highest BCUT2D eigenvalue weighted by Gasteiger charge is 2.22. The molecule has 0 atom stereocenters. The molecule has 1 heterocycles. The molecule has 1 aliphatic rings. The van der Waals surface area contributed by atoms with Crippen molar-refractivity contribution in [3.05, 3.63) is 11.8 Å². The van der Waals surface area contributed by atoms with Crippen LogP contribution in [0.25, 0.3) is 0 Å². The normalized spacial score (nSPS) is 16.4. The fourth-order valence-electron chi connectivity index (χ4n) is 2.28. The minimum absolute atomic E-state index is 0.0470. The van der Waals surface area contributed by atoms with Crippen molar-refractivity contribution < 1.29 is 4.79 Å². The van der Waals surface area contributed by atoms with Gasteiger partial charge in [-0.05, 0) is 19.8 Å². The second-order valence-electron chi connectivity index (χ2n) is 4.67. The van der Waals surface area contributed by atoms with E-state index < -0.39 is 0 Å². The zero-order valence-electron chi connectivity index (χ0n) is 10.5. The van der Waals surface area contributed by atoms with Gasteiger partial charge >= 0.3 is 0 Å². The minimum atomic E-state index is -0.0470. The van der Waals surface area contributed by atoms with Crippen molar-refractivity contribution in [2.24, 2.45) is 0 Å². The third kappa shape index (κ3) is 2.28. The summed E-state index contributed by atoms with van der Waals surface area (Å²) in [5.41, 5.74) is 6.35. The van der Waals surface area contributed by atoms with E-state index in [0.29, 0.717) is 24.0 Å². The molecule has 1 saturated carbocycles. The summed E-state index contributed by atoms with van der Waals surface area (Å²) >= 11 is 0. The number of carbonyl (C=O) groups excluding carboxylic acids is 1. The first-order chi connectivity index (χ1) is 8.13. The molecular weight excluding hydrogens is 216 g/mol. The van der Waals surface area contributed by atoms with Crippen molar-refractivity contribution in [2.75, 3.05) is 19.3 Å². The van der Waals surface area contributed by atoms with E-state index in [4.69, 9.17) is 5.73 Å². The Balaban J connectivity index is 2.21. The Hall–Kier alpha value is -1.52. The summed E-state index contributed by atoms with van der Waals surface area (Å²) in [6.45, 7) is 2.61. The number of nitrogens with two attached hydrogens (primary N) is 1. The summed E-state index contributed by atoms with van der Waals surface area (Å²) in [5, 5.41) is 4.28. The minimum Gasteiger partial charge on any atom is -0.382 e. The van der Waals surface area contributed by atoms with Gasteiger partial charge in [0.1, 0.15) is 5.56 Å². The average molecular weight is 236 g/mol. The van der Waals surface area contributed by atoms with Crippen molar-refractivity contribution in [1.29, 1.82) is 0 Å². The van der Waals surface area contributed by atoms with Crippen LogP contribution in [0.2, 0.25) is 0 Å². The van der Waals surface area contributed by atoms with Crippen LogP contribution in [0.4, 0.5) is 5.82 Å². The van der Waals surface area contributed by atoms with E-state index in [1.807, 2.05) is 11.6 Å². The third-order valence-corrected chi connectivity index (χ3v) is 3.51. The summed E-state index contributed by atoms with van der Waals surface area (Å²) in [4.78, 5) is 13.7. The van der Waals surface area contributed by atoms with Crippen LogP contribution in [0.15, 0.2) is 6.20 Å². The number of aromatic nitrogens is 2. The monoisotopic (exact) mass is 236 g/mol. The van der Waals surface area contributed by atoms with Crippen LogP contribution in [0, 0.1) is 0 Å². The fraction of sp³-hybridized carbons (Fsp3) is 0.667. The predicted molar refractivity (Wildman–Crippen MR) is 66.8 cm³/mol. The number of hydrogen-bond donors (Lipinski definition) is 1. The maximum absolute atomic E-state index is 12.0. The highest BCUT2D eigenvalue weighted by atomic mass is 16.2. The Morgan fingerprint density at radius 2 is 2.24 bits per heavy atom. The quantitative estimate of drug-likeness (QED) is 0.868. The van der Waals surface area contributed by atoms with Gasteiger partial charge in [0.2, 0.25) is 0 Å². The van der Waals surface area contributed by atoms with E-state index in [-0.39, 0.29) is 5.91 Å². The van der Waals surface area contributed by atoms with Gasteiger partial charge in [-0.1, -0.05) is 12.8 Å². The highest BCUT2D eigenvalue weighted by molar-refractivity contribution is 5.97. The van der Waals surface area contributed by atoms with Gasteiger partial charge in [0, 0.05) is 19.8 Å². The highest BCUT2D eigenvalue weighted by Crippen LogP contribution is 2.30. The maximum Gasteiger partial charge on any atom is 0.258 e. The van der Waals surface area contributed by atoms with Crippen molar-refractivity contribution in [3.8, 4) is 0 Å².